The number of unbranched alkanes of at least 4 members (excludes halogenated alkanes) is 3. The maximum absolute atomic E-state index is 14.1. The highest BCUT2D eigenvalue weighted by atomic mass is 19.3. The minimum Gasteiger partial charge on any atom is -0.389 e. The van der Waals surface area contributed by atoms with Gasteiger partial charge >= 0.3 is 5.92 Å². The number of aliphatic hydroxyl groups excluding tert-OH is 1. The van der Waals surface area contributed by atoms with E-state index in [1.54, 1.807) is 12.2 Å². The smallest absolute Gasteiger partial charge is 0.327 e. The van der Waals surface area contributed by atoms with Crippen LogP contribution in [0.1, 0.15) is 70.8 Å². The molecule has 1 fully saturated rings. The number of alkyl halides is 2. The van der Waals surface area contributed by atoms with Gasteiger partial charge in [-0.1, -0.05) is 62.2 Å². The number of nitrogens with one attached hydrogen (secondary N) is 1. The maximum atomic E-state index is 14.1. The molecule has 1 aromatic rings. The highest BCUT2D eigenvalue weighted by molar-refractivity contribution is 5.86. The second-order valence-electron chi connectivity index (χ2n) is 9.32. The highest BCUT2D eigenvalue weighted by Crippen LogP contribution is 2.34. The number of carbonyl (C=O) groups is 2. The maximum Gasteiger partial charge on any atom is 0.327 e. The van der Waals surface area contributed by atoms with Crippen molar-refractivity contribution < 1.29 is 23.5 Å². The summed E-state index contributed by atoms with van der Waals surface area (Å²) in [5.74, 6) is -4.47. The molecule has 2 N–H and O–H groups in total. The molecule has 190 valence electrons. The van der Waals surface area contributed by atoms with Gasteiger partial charge in [-0.05, 0) is 50.5 Å². The van der Waals surface area contributed by atoms with E-state index in [0.29, 0.717) is 19.4 Å². The molecule has 5 nitrogen and oxygen atoms in total. The van der Waals surface area contributed by atoms with Crippen molar-refractivity contribution in [2.24, 2.45) is 5.92 Å². The Morgan fingerprint density at radius 1 is 1.21 bits per heavy atom. The largest absolute Gasteiger partial charge is 0.389 e. The predicted molar refractivity (Wildman–Crippen MR) is 131 cm³/mol. The van der Waals surface area contributed by atoms with E-state index in [9.17, 15) is 23.5 Å². The fourth-order valence-corrected chi connectivity index (χ4v) is 4.34. The molecule has 0 saturated carbocycles. The normalized spacial score (nSPS) is 19.5. The zero-order valence-corrected chi connectivity index (χ0v) is 20.5. The lowest BCUT2D eigenvalue weighted by Gasteiger charge is -2.22. The first-order valence-electron chi connectivity index (χ1n) is 12.6. The number of likely N-dealkylation sites (tertiary alicyclic amines) is 1. The highest BCUT2D eigenvalue weighted by Gasteiger charge is 2.52. The molecule has 0 aliphatic carbocycles. The number of nitrogens with zero attached hydrogens (tertiary/aromatic N) is 1. The monoisotopic (exact) mass is 478 g/mol. The molecule has 1 aliphatic heterocycles. The lowest BCUT2D eigenvalue weighted by atomic mass is 9.95. The summed E-state index contributed by atoms with van der Waals surface area (Å²) in [6.07, 6.45) is 7.95. The third kappa shape index (κ3) is 9.16. The fourth-order valence-electron chi connectivity index (χ4n) is 4.34. The number of aliphatic hydroxyl groups is 1. The lowest BCUT2D eigenvalue weighted by Crippen LogP contribution is -2.36. The fraction of sp³-hybridized carbons (Fsp3) is 0.630. The second-order valence-corrected chi connectivity index (χ2v) is 9.32. The Morgan fingerprint density at radius 2 is 1.91 bits per heavy atom. The molecule has 0 radical (unpaired) electrons. The minimum absolute atomic E-state index is 0.00376. The summed E-state index contributed by atoms with van der Waals surface area (Å²) < 4.78 is 28.2. The van der Waals surface area contributed by atoms with E-state index in [2.05, 4.69) is 17.4 Å². The van der Waals surface area contributed by atoms with Crippen LogP contribution in [0, 0.1) is 5.92 Å². The number of hydrogen-bond acceptors (Lipinski definition) is 3. The van der Waals surface area contributed by atoms with Gasteiger partial charge < -0.3 is 15.3 Å². The van der Waals surface area contributed by atoms with Crippen LogP contribution in [0.5, 0.6) is 0 Å². The van der Waals surface area contributed by atoms with E-state index in [-0.39, 0.29) is 18.4 Å². The van der Waals surface area contributed by atoms with Crippen LogP contribution in [-0.2, 0) is 16.0 Å². The molecule has 1 heterocycles. The summed E-state index contributed by atoms with van der Waals surface area (Å²) in [6, 6.07) is 9.45. The van der Waals surface area contributed by atoms with Crippen molar-refractivity contribution in [2.75, 3.05) is 13.1 Å². The van der Waals surface area contributed by atoms with Gasteiger partial charge in [0.15, 0.2) is 0 Å². The minimum atomic E-state index is -3.36. The van der Waals surface area contributed by atoms with E-state index in [0.717, 1.165) is 38.5 Å². The van der Waals surface area contributed by atoms with E-state index in [4.69, 9.17) is 0 Å². The molecular formula is C27H40F2N2O3. The molecule has 1 saturated heterocycles. The van der Waals surface area contributed by atoms with Gasteiger partial charge in [-0.15, -0.1) is 0 Å². The molecular weight excluding hydrogens is 438 g/mol. The van der Waals surface area contributed by atoms with E-state index in [1.807, 2.05) is 32.0 Å². The third-order valence-corrected chi connectivity index (χ3v) is 6.45. The number of aryl methyl sites for hydroxylation is 1. The molecule has 1 aromatic carbocycles. The van der Waals surface area contributed by atoms with Gasteiger partial charge in [-0.3, -0.25) is 9.59 Å². The molecule has 0 unspecified atom stereocenters. The average Bonchev–Trinajstić information content (AvgIpc) is 3.03. The molecule has 2 amide bonds. The number of halogens is 2. The zero-order chi connectivity index (χ0) is 25.0. The number of hydrogen-bond donors (Lipinski definition) is 2. The molecule has 0 spiro atoms. The molecule has 0 aromatic heterocycles. The van der Waals surface area contributed by atoms with Crippen molar-refractivity contribution in [3.63, 3.8) is 0 Å². The van der Waals surface area contributed by atoms with Gasteiger partial charge in [0.05, 0.1) is 12.1 Å². The standard InChI is InChI=1S/C27H40F2N2O3/c1-3-30-25(33)16-9-4-5-10-19-31-23(20-27(28,29)26(31)34)17-18-24(32)21(2)12-11-15-22-13-7-6-8-14-22/h6-8,13-14,17-18,21,23-24,32H,3-5,9-12,15-16,19-20H2,1-2H3,(H,30,33)/b18-17+/t21-,23-,24+/m0/s1. The van der Waals surface area contributed by atoms with E-state index in [1.165, 1.54) is 10.5 Å². The van der Waals surface area contributed by atoms with Crippen LogP contribution in [-0.4, -0.2) is 53.0 Å². The Kier molecular flexibility index (Phi) is 11.7. The van der Waals surface area contributed by atoms with Crippen LogP contribution >= 0.6 is 0 Å². The number of benzene rings is 1. The van der Waals surface area contributed by atoms with Crippen molar-refractivity contribution in [1.29, 1.82) is 0 Å². The van der Waals surface area contributed by atoms with Gasteiger partial charge in [0.1, 0.15) is 0 Å². The first kappa shape index (κ1) is 28.0. The summed E-state index contributed by atoms with van der Waals surface area (Å²) in [7, 11) is 0. The number of amides is 2. The first-order chi connectivity index (χ1) is 16.2. The summed E-state index contributed by atoms with van der Waals surface area (Å²) in [5, 5.41) is 13.3. The van der Waals surface area contributed by atoms with Crippen molar-refractivity contribution in [1.82, 2.24) is 10.2 Å². The molecule has 0 bridgehead atoms. The Hall–Kier alpha value is -2.28. The Balaban J connectivity index is 1.78. The van der Waals surface area contributed by atoms with Crippen molar-refractivity contribution in [3.05, 3.63) is 48.0 Å². The zero-order valence-electron chi connectivity index (χ0n) is 20.5. The van der Waals surface area contributed by atoms with Crippen molar-refractivity contribution in [2.45, 2.75) is 89.7 Å². The van der Waals surface area contributed by atoms with E-state index < -0.39 is 30.4 Å². The topological polar surface area (TPSA) is 69.6 Å². The van der Waals surface area contributed by atoms with Gasteiger partial charge in [-0.25, -0.2) is 0 Å². The van der Waals surface area contributed by atoms with Gasteiger partial charge in [0, 0.05) is 25.9 Å². The van der Waals surface area contributed by atoms with Crippen LogP contribution in [0.15, 0.2) is 42.5 Å². The number of carbonyl (C=O) groups excluding carboxylic acids is 2. The molecule has 2 rings (SSSR count). The SMILES string of the molecule is CCNC(=O)CCCCCCN1C(=O)C(F)(F)C[C@@H]1/C=C/[C@@H](O)[C@@H](C)CCCc1ccccc1. The summed E-state index contributed by atoms with van der Waals surface area (Å²) in [4.78, 5) is 24.9. The molecule has 1 aliphatic rings. The van der Waals surface area contributed by atoms with Crippen LogP contribution < -0.4 is 5.32 Å². The van der Waals surface area contributed by atoms with Crippen molar-refractivity contribution in [3.8, 4) is 0 Å². The van der Waals surface area contributed by atoms with Crippen LogP contribution in [0.3, 0.4) is 0 Å². The van der Waals surface area contributed by atoms with Crippen LogP contribution in [0.2, 0.25) is 0 Å². The van der Waals surface area contributed by atoms with Crippen LogP contribution in [0.25, 0.3) is 0 Å². The Labute approximate surface area is 202 Å². The summed E-state index contributed by atoms with van der Waals surface area (Å²) in [6.45, 7) is 4.69. The average molecular weight is 479 g/mol. The van der Waals surface area contributed by atoms with Gasteiger partial charge in [0.2, 0.25) is 5.91 Å². The third-order valence-electron chi connectivity index (χ3n) is 6.45. The molecule has 3 atom stereocenters. The van der Waals surface area contributed by atoms with Gasteiger partial charge in [0.25, 0.3) is 5.91 Å². The van der Waals surface area contributed by atoms with Gasteiger partial charge in [-0.2, -0.15) is 8.78 Å². The molecule has 34 heavy (non-hydrogen) atoms. The lowest BCUT2D eigenvalue weighted by molar-refractivity contribution is -0.148. The van der Waals surface area contributed by atoms with E-state index >= 15 is 0 Å². The second kappa shape index (κ2) is 14.2. The number of rotatable bonds is 15. The Morgan fingerprint density at radius 3 is 2.62 bits per heavy atom. The Bertz CT molecular complexity index is 785. The van der Waals surface area contributed by atoms with Crippen LogP contribution in [0.4, 0.5) is 8.78 Å². The van der Waals surface area contributed by atoms with Crippen molar-refractivity contribution >= 4 is 11.8 Å². The quantitative estimate of drug-likeness (QED) is 0.279. The first-order valence-corrected chi connectivity index (χ1v) is 12.6. The predicted octanol–water partition coefficient (Wildman–Crippen LogP) is 4.89. The summed E-state index contributed by atoms with van der Waals surface area (Å²) in [5.41, 5.74) is 1.26. The molecule has 7 heteroatoms. The summed E-state index contributed by atoms with van der Waals surface area (Å²) >= 11 is 0.